The van der Waals surface area contributed by atoms with E-state index in [0.29, 0.717) is 25.2 Å². The summed E-state index contributed by atoms with van der Waals surface area (Å²) in [6.45, 7) is 2.52. The highest BCUT2D eigenvalue weighted by Gasteiger charge is 2.33. The molecule has 1 aromatic heterocycles. The van der Waals surface area contributed by atoms with Crippen LogP contribution >= 0.6 is 0 Å². The molecule has 6 heteroatoms. The van der Waals surface area contributed by atoms with E-state index >= 15 is 0 Å². The van der Waals surface area contributed by atoms with Gasteiger partial charge in [-0.2, -0.15) is 0 Å². The van der Waals surface area contributed by atoms with Crippen LogP contribution in [0, 0.1) is 0 Å². The lowest BCUT2D eigenvalue weighted by molar-refractivity contribution is -0.139. The number of amides is 2. The van der Waals surface area contributed by atoms with Crippen molar-refractivity contribution in [1.29, 1.82) is 0 Å². The number of carbonyl (C=O) groups is 2. The number of hydrogen-bond donors (Lipinski definition) is 2. The second kappa shape index (κ2) is 7.11. The molecular formula is C19H23N3O3. The standard InChI is InChI=1S/C19H23N3O3/c1-13(23)18(24)21(2)15-9-11-22(12-15)19(25)17-16(8-10-20-17)14-6-4-3-5-7-14/h3-8,10,13,15,20,23H,9,11-12H2,1-2H3. The van der Waals surface area contributed by atoms with Crippen molar-refractivity contribution < 1.29 is 14.7 Å². The molecule has 0 saturated carbocycles. The first kappa shape index (κ1) is 17.2. The molecule has 0 aliphatic carbocycles. The van der Waals surface area contributed by atoms with Gasteiger partial charge in [-0.3, -0.25) is 9.59 Å². The van der Waals surface area contributed by atoms with Gasteiger partial charge in [-0.25, -0.2) is 0 Å². The van der Waals surface area contributed by atoms with Gasteiger partial charge in [0.25, 0.3) is 11.8 Å². The van der Waals surface area contributed by atoms with Gasteiger partial charge in [-0.15, -0.1) is 0 Å². The molecule has 0 spiro atoms. The minimum atomic E-state index is -1.03. The Labute approximate surface area is 147 Å². The van der Waals surface area contributed by atoms with Gasteiger partial charge in [-0.1, -0.05) is 30.3 Å². The van der Waals surface area contributed by atoms with E-state index in [1.165, 1.54) is 6.92 Å². The Kier molecular flexibility index (Phi) is 4.90. The number of nitrogens with zero attached hydrogens (tertiary/aromatic N) is 2. The number of aromatic nitrogens is 1. The van der Waals surface area contributed by atoms with Crippen molar-refractivity contribution in [2.75, 3.05) is 20.1 Å². The Morgan fingerprint density at radius 2 is 2.00 bits per heavy atom. The van der Waals surface area contributed by atoms with Crippen LogP contribution in [0.5, 0.6) is 0 Å². The summed E-state index contributed by atoms with van der Waals surface area (Å²) < 4.78 is 0. The Bertz CT molecular complexity index is 754. The molecule has 2 amide bonds. The van der Waals surface area contributed by atoms with E-state index in [4.69, 9.17) is 0 Å². The maximum atomic E-state index is 12.9. The first-order valence-corrected chi connectivity index (χ1v) is 8.46. The number of aromatic amines is 1. The lowest BCUT2D eigenvalue weighted by Crippen LogP contribution is -2.43. The van der Waals surface area contributed by atoms with E-state index in [1.54, 1.807) is 23.0 Å². The fraction of sp³-hybridized carbons (Fsp3) is 0.368. The third-order valence-electron chi connectivity index (χ3n) is 4.75. The van der Waals surface area contributed by atoms with Crippen LogP contribution < -0.4 is 0 Å². The Hall–Kier alpha value is -2.60. The van der Waals surface area contributed by atoms with Gasteiger partial charge >= 0.3 is 0 Å². The Morgan fingerprint density at radius 1 is 1.28 bits per heavy atom. The summed E-state index contributed by atoms with van der Waals surface area (Å²) in [5.41, 5.74) is 2.43. The first-order chi connectivity index (χ1) is 12.0. The van der Waals surface area contributed by atoms with Crippen LogP contribution in [0.1, 0.15) is 23.8 Å². The molecule has 0 radical (unpaired) electrons. The van der Waals surface area contributed by atoms with Crippen LogP contribution in [0.3, 0.4) is 0 Å². The van der Waals surface area contributed by atoms with Crippen molar-refractivity contribution in [2.24, 2.45) is 0 Å². The summed E-state index contributed by atoms with van der Waals surface area (Å²) >= 11 is 0. The highest BCUT2D eigenvalue weighted by molar-refractivity contribution is 5.99. The summed E-state index contributed by atoms with van der Waals surface area (Å²) in [6, 6.07) is 11.6. The molecule has 2 heterocycles. The van der Waals surface area contributed by atoms with Gasteiger partial charge < -0.3 is 19.9 Å². The molecule has 2 N–H and O–H groups in total. The molecule has 2 aromatic rings. The number of hydrogen-bond acceptors (Lipinski definition) is 3. The Balaban J connectivity index is 1.74. The summed E-state index contributed by atoms with van der Waals surface area (Å²) in [4.78, 5) is 31.2. The van der Waals surface area contributed by atoms with Crippen molar-refractivity contribution >= 4 is 11.8 Å². The molecule has 0 bridgehead atoms. The van der Waals surface area contributed by atoms with Crippen molar-refractivity contribution in [3.63, 3.8) is 0 Å². The summed E-state index contributed by atoms with van der Waals surface area (Å²) in [5, 5.41) is 9.46. The van der Waals surface area contributed by atoms with Gasteiger partial charge in [-0.05, 0) is 25.0 Å². The molecule has 1 fully saturated rings. The molecule has 1 aromatic carbocycles. The minimum absolute atomic E-state index is 0.0655. The topological polar surface area (TPSA) is 76.6 Å². The number of likely N-dealkylation sites (N-methyl/N-ethyl adjacent to an activating group) is 1. The van der Waals surface area contributed by atoms with E-state index in [-0.39, 0.29) is 17.9 Å². The minimum Gasteiger partial charge on any atom is -0.384 e. The monoisotopic (exact) mass is 341 g/mol. The van der Waals surface area contributed by atoms with E-state index in [0.717, 1.165) is 11.1 Å². The van der Waals surface area contributed by atoms with Gasteiger partial charge in [0.2, 0.25) is 0 Å². The second-order valence-corrected chi connectivity index (χ2v) is 6.45. The van der Waals surface area contributed by atoms with Crippen molar-refractivity contribution in [3.05, 3.63) is 48.3 Å². The fourth-order valence-electron chi connectivity index (χ4n) is 3.28. The second-order valence-electron chi connectivity index (χ2n) is 6.45. The number of likely N-dealkylation sites (tertiary alicyclic amines) is 1. The molecule has 25 heavy (non-hydrogen) atoms. The van der Waals surface area contributed by atoms with Crippen LogP contribution in [0.4, 0.5) is 0 Å². The maximum absolute atomic E-state index is 12.9. The number of rotatable bonds is 4. The van der Waals surface area contributed by atoms with Crippen molar-refractivity contribution in [2.45, 2.75) is 25.5 Å². The normalized spacial score (nSPS) is 18.2. The number of aliphatic hydroxyl groups excluding tert-OH is 1. The third-order valence-corrected chi connectivity index (χ3v) is 4.75. The number of aliphatic hydroxyl groups is 1. The highest BCUT2D eigenvalue weighted by Crippen LogP contribution is 2.25. The van der Waals surface area contributed by atoms with Crippen LogP contribution in [0.25, 0.3) is 11.1 Å². The van der Waals surface area contributed by atoms with Gasteiger partial charge in [0.05, 0.1) is 6.04 Å². The van der Waals surface area contributed by atoms with Crippen LogP contribution in [-0.2, 0) is 4.79 Å². The van der Waals surface area contributed by atoms with Gasteiger partial charge in [0.1, 0.15) is 11.8 Å². The number of benzene rings is 1. The molecule has 2 atom stereocenters. The van der Waals surface area contributed by atoms with Crippen LogP contribution in [0.15, 0.2) is 42.6 Å². The molecule has 6 nitrogen and oxygen atoms in total. The van der Waals surface area contributed by atoms with Crippen molar-refractivity contribution in [3.8, 4) is 11.1 Å². The predicted octanol–water partition coefficient (Wildman–Crippen LogP) is 1.74. The maximum Gasteiger partial charge on any atom is 0.270 e. The molecule has 1 aliphatic heterocycles. The smallest absolute Gasteiger partial charge is 0.270 e. The van der Waals surface area contributed by atoms with Crippen LogP contribution in [-0.4, -0.2) is 64.0 Å². The zero-order chi connectivity index (χ0) is 18.0. The van der Waals surface area contributed by atoms with Crippen LogP contribution in [0.2, 0.25) is 0 Å². The SMILES string of the molecule is CC(O)C(=O)N(C)C1CCN(C(=O)c2[nH]ccc2-c2ccccc2)C1. The molecular weight excluding hydrogens is 318 g/mol. The Morgan fingerprint density at radius 3 is 2.68 bits per heavy atom. The van der Waals surface area contributed by atoms with E-state index < -0.39 is 6.10 Å². The van der Waals surface area contributed by atoms with Gasteiger partial charge in [0.15, 0.2) is 0 Å². The fourth-order valence-corrected chi connectivity index (χ4v) is 3.28. The quantitative estimate of drug-likeness (QED) is 0.889. The van der Waals surface area contributed by atoms with E-state index in [9.17, 15) is 14.7 Å². The third kappa shape index (κ3) is 3.44. The molecule has 132 valence electrons. The van der Waals surface area contributed by atoms with E-state index in [2.05, 4.69) is 4.98 Å². The number of carbonyl (C=O) groups excluding carboxylic acids is 2. The summed E-state index contributed by atoms with van der Waals surface area (Å²) in [5.74, 6) is -0.381. The zero-order valence-corrected chi connectivity index (χ0v) is 14.5. The molecule has 2 unspecified atom stereocenters. The largest absolute Gasteiger partial charge is 0.384 e. The van der Waals surface area contributed by atoms with Crippen molar-refractivity contribution in [1.82, 2.24) is 14.8 Å². The van der Waals surface area contributed by atoms with E-state index in [1.807, 2.05) is 36.4 Å². The lowest BCUT2D eigenvalue weighted by Gasteiger charge is -2.26. The molecule has 1 aliphatic rings. The summed E-state index contributed by atoms with van der Waals surface area (Å²) in [6.07, 6.45) is 1.46. The number of H-pyrrole nitrogens is 1. The average Bonchev–Trinajstić information content (AvgIpc) is 3.30. The zero-order valence-electron chi connectivity index (χ0n) is 14.5. The average molecular weight is 341 g/mol. The predicted molar refractivity (Wildman–Crippen MR) is 95.0 cm³/mol. The lowest BCUT2D eigenvalue weighted by atomic mass is 10.1. The first-order valence-electron chi connectivity index (χ1n) is 8.46. The highest BCUT2D eigenvalue weighted by atomic mass is 16.3. The van der Waals surface area contributed by atoms with Gasteiger partial charge in [0, 0.05) is 31.9 Å². The molecule has 1 saturated heterocycles. The number of nitrogens with one attached hydrogen (secondary N) is 1. The summed E-state index contributed by atoms with van der Waals surface area (Å²) in [7, 11) is 1.68. The molecule has 3 rings (SSSR count).